The average molecular weight is 349 g/mol. The minimum absolute atomic E-state index is 0.00990. The van der Waals surface area contributed by atoms with Gasteiger partial charge in [0.05, 0.1) is 18.1 Å². The van der Waals surface area contributed by atoms with Gasteiger partial charge in [0, 0.05) is 23.6 Å². The number of methoxy groups -OCH3 is 1. The van der Waals surface area contributed by atoms with Crippen LogP contribution < -0.4 is 0 Å². The quantitative estimate of drug-likeness (QED) is 0.677. The lowest BCUT2D eigenvalue weighted by Gasteiger charge is -2.04. The Balaban J connectivity index is 2.41. The van der Waals surface area contributed by atoms with Gasteiger partial charge in [-0.25, -0.2) is 8.42 Å². The molecule has 106 valence electrons. The summed E-state index contributed by atoms with van der Waals surface area (Å²) in [5.74, 6) is 0.00339. The van der Waals surface area contributed by atoms with Crippen molar-refractivity contribution >= 4 is 31.6 Å². The molecule has 0 saturated heterocycles. The molecule has 0 aliphatic heterocycles. The predicted molar refractivity (Wildman–Crippen MR) is 78.2 cm³/mol. The third-order valence-corrected chi connectivity index (χ3v) is 4.85. The van der Waals surface area contributed by atoms with E-state index in [1.165, 1.54) is 7.11 Å². The maximum atomic E-state index is 11.8. The molecule has 4 nitrogen and oxygen atoms in total. The smallest absolute Gasteiger partial charge is 0.162 e. The Morgan fingerprint density at radius 1 is 1.21 bits per heavy atom. The predicted octanol–water partition coefficient (Wildman–Crippen LogP) is 2.47. The SMILES string of the molecule is COCCS(=O)(=O)CCCC(=O)c1ccc(Br)cc1. The molecule has 0 N–H and O–H groups in total. The van der Waals surface area contributed by atoms with Gasteiger partial charge in [0.2, 0.25) is 0 Å². The highest BCUT2D eigenvalue weighted by molar-refractivity contribution is 9.10. The van der Waals surface area contributed by atoms with Gasteiger partial charge in [0.1, 0.15) is 0 Å². The summed E-state index contributed by atoms with van der Waals surface area (Å²) < 4.78 is 28.8. The number of ether oxygens (including phenoxy) is 1. The molecule has 0 atom stereocenters. The van der Waals surface area contributed by atoms with Crippen LogP contribution in [0.5, 0.6) is 0 Å². The molecule has 0 unspecified atom stereocenters. The van der Waals surface area contributed by atoms with Crippen LogP contribution in [0.2, 0.25) is 0 Å². The molecule has 1 aromatic rings. The fourth-order valence-corrected chi connectivity index (χ4v) is 3.02. The molecule has 0 aromatic heterocycles. The van der Waals surface area contributed by atoms with E-state index in [1.54, 1.807) is 24.3 Å². The minimum atomic E-state index is -3.11. The second-order valence-corrected chi connectivity index (χ2v) is 7.40. The topological polar surface area (TPSA) is 60.4 Å². The van der Waals surface area contributed by atoms with Crippen molar-refractivity contribution in [3.63, 3.8) is 0 Å². The van der Waals surface area contributed by atoms with Gasteiger partial charge in [-0.2, -0.15) is 0 Å². The van der Waals surface area contributed by atoms with Crippen molar-refractivity contribution in [1.82, 2.24) is 0 Å². The first-order valence-corrected chi connectivity index (χ1v) is 8.54. The first-order valence-electron chi connectivity index (χ1n) is 5.93. The first-order chi connectivity index (χ1) is 8.94. The molecule has 0 aliphatic carbocycles. The number of rotatable bonds is 8. The number of halogens is 1. The molecule has 6 heteroatoms. The van der Waals surface area contributed by atoms with Crippen molar-refractivity contribution in [2.24, 2.45) is 0 Å². The van der Waals surface area contributed by atoms with Crippen molar-refractivity contribution in [3.8, 4) is 0 Å². The number of benzene rings is 1. The number of hydrogen-bond acceptors (Lipinski definition) is 4. The number of sulfone groups is 1. The summed E-state index contributed by atoms with van der Waals surface area (Å²) in [6, 6.07) is 7.04. The fraction of sp³-hybridized carbons (Fsp3) is 0.462. The maximum Gasteiger partial charge on any atom is 0.162 e. The van der Waals surface area contributed by atoms with Gasteiger partial charge >= 0.3 is 0 Å². The van der Waals surface area contributed by atoms with E-state index in [0.717, 1.165) is 4.47 Å². The highest BCUT2D eigenvalue weighted by atomic mass is 79.9. The Bertz CT molecular complexity index is 508. The summed E-state index contributed by atoms with van der Waals surface area (Å²) in [5, 5.41) is 0. The van der Waals surface area contributed by atoms with E-state index in [4.69, 9.17) is 4.74 Å². The van der Waals surface area contributed by atoms with Crippen molar-refractivity contribution in [2.75, 3.05) is 25.2 Å². The normalized spacial score (nSPS) is 11.5. The zero-order chi connectivity index (χ0) is 14.3. The average Bonchev–Trinajstić information content (AvgIpc) is 2.37. The number of carbonyl (C=O) groups excluding carboxylic acids is 1. The molecule has 0 saturated carbocycles. The second kappa shape index (κ2) is 7.77. The minimum Gasteiger partial charge on any atom is -0.384 e. The standard InChI is InChI=1S/C13H17BrO4S/c1-18-8-10-19(16,17)9-2-3-13(15)11-4-6-12(14)7-5-11/h4-7H,2-3,8-10H2,1H3. The Kier molecular flexibility index (Phi) is 6.68. The highest BCUT2D eigenvalue weighted by Crippen LogP contribution is 2.13. The lowest BCUT2D eigenvalue weighted by Crippen LogP contribution is -2.15. The van der Waals surface area contributed by atoms with Crippen LogP contribution in [0.3, 0.4) is 0 Å². The molecule has 0 bridgehead atoms. The Morgan fingerprint density at radius 2 is 1.84 bits per heavy atom. The van der Waals surface area contributed by atoms with Gasteiger partial charge in [-0.05, 0) is 18.6 Å². The lowest BCUT2D eigenvalue weighted by molar-refractivity contribution is 0.0982. The molecule has 0 amide bonds. The van der Waals surface area contributed by atoms with Crippen LogP contribution in [-0.4, -0.2) is 39.4 Å². The van der Waals surface area contributed by atoms with Gasteiger partial charge in [-0.3, -0.25) is 4.79 Å². The lowest BCUT2D eigenvalue weighted by atomic mass is 10.1. The zero-order valence-corrected chi connectivity index (χ0v) is 13.2. The first kappa shape index (κ1) is 16.3. The zero-order valence-electron chi connectivity index (χ0n) is 10.8. The Labute approximate surface area is 122 Å². The van der Waals surface area contributed by atoms with Crippen LogP contribution >= 0.6 is 15.9 Å². The molecule has 0 spiro atoms. The van der Waals surface area contributed by atoms with E-state index in [1.807, 2.05) is 0 Å². The van der Waals surface area contributed by atoms with Crippen molar-refractivity contribution in [1.29, 1.82) is 0 Å². The molecular weight excluding hydrogens is 332 g/mol. The van der Waals surface area contributed by atoms with E-state index >= 15 is 0 Å². The van der Waals surface area contributed by atoms with E-state index in [0.29, 0.717) is 12.0 Å². The molecule has 0 radical (unpaired) electrons. The van der Waals surface area contributed by atoms with Crippen LogP contribution in [0.1, 0.15) is 23.2 Å². The van der Waals surface area contributed by atoms with Gasteiger partial charge in [-0.15, -0.1) is 0 Å². The van der Waals surface area contributed by atoms with E-state index in [-0.39, 0.29) is 30.3 Å². The van der Waals surface area contributed by atoms with Crippen molar-refractivity contribution in [3.05, 3.63) is 34.3 Å². The molecule has 0 aliphatic rings. The monoisotopic (exact) mass is 348 g/mol. The third kappa shape index (κ3) is 6.31. The van der Waals surface area contributed by atoms with Crippen LogP contribution in [0.15, 0.2) is 28.7 Å². The summed E-state index contributed by atoms with van der Waals surface area (Å²) in [4.78, 5) is 11.8. The van der Waals surface area contributed by atoms with Crippen molar-refractivity contribution in [2.45, 2.75) is 12.8 Å². The summed E-state index contributed by atoms with van der Waals surface area (Å²) in [7, 11) is -1.65. The van der Waals surface area contributed by atoms with Crippen LogP contribution in [0.25, 0.3) is 0 Å². The van der Waals surface area contributed by atoms with Gasteiger partial charge in [0.15, 0.2) is 15.6 Å². The molecule has 1 aromatic carbocycles. The molecule has 0 heterocycles. The molecule has 1 rings (SSSR count). The van der Waals surface area contributed by atoms with Crippen LogP contribution in [0, 0.1) is 0 Å². The largest absolute Gasteiger partial charge is 0.384 e. The van der Waals surface area contributed by atoms with Gasteiger partial charge in [0.25, 0.3) is 0 Å². The molecular formula is C13H17BrO4S. The fourth-order valence-electron chi connectivity index (χ4n) is 1.55. The molecule has 19 heavy (non-hydrogen) atoms. The third-order valence-electron chi connectivity index (χ3n) is 2.62. The summed E-state index contributed by atoms with van der Waals surface area (Å²) in [5.41, 5.74) is 0.609. The number of ketones is 1. The van der Waals surface area contributed by atoms with E-state index < -0.39 is 9.84 Å². The Morgan fingerprint density at radius 3 is 2.42 bits per heavy atom. The second-order valence-electron chi connectivity index (χ2n) is 4.18. The number of hydrogen-bond donors (Lipinski definition) is 0. The Hall–Kier alpha value is -0.720. The highest BCUT2D eigenvalue weighted by Gasteiger charge is 2.12. The molecule has 0 fully saturated rings. The number of carbonyl (C=O) groups is 1. The summed E-state index contributed by atoms with van der Waals surface area (Å²) >= 11 is 3.29. The van der Waals surface area contributed by atoms with Crippen LogP contribution in [0.4, 0.5) is 0 Å². The van der Waals surface area contributed by atoms with Crippen LogP contribution in [-0.2, 0) is 14.6 Å². The van der Waals surface area contributed by atoms with Gasteiger partial charge in [-0.1, -0.05) is 28.1 Å². The van der Waals surface area contributed by atoms with Gasteiger partial charge < -0.3 is 4.74 Å². The van der Waals surface area contributed by atoms with E-state index in [9.17, 15) is 13.2 Å². The van der Waals surface area contributed by atoms with E-state index in [2.05, 4.69) is 15.9 Å². The maximum absolute atomic E-state index is 11.8. The summed E-state index contributed by atoms with van der Waals surface area (Å²) in [6.45, 7) is 0.197. The van der Waals surface area contributed by atoms with Crippen molar-refractivity contribution < 1.29 is 17.9 Å². The summed E-state index contributed by atoms with van der Waals surface area (Å²) in [6.07, 6.45) is 0.592. The number of Topliss-reactive ketones (excluding diaryl/α,β-unsaturated/α-hetero) is 1.